The molecule has 1 aliphatic heterocycles. The van der Waals surface area contributed by atoms with Gasteiger partial charge in [0, 0.05) is 67.1 Å². The van der Waals surface area contributed by atoms with E-state index in [1.54, 1.807) is 18.4 Å². The van der Waals surface area contributed by atoms with Crippen molar-refractivity contribution in [2.75, 3.05) is 45.5 Å². The molecule has 7 nitrogen and oxygen atoms in total. The third-order valence-electron chi connectivity index (χ3n) is 7.56. The summed E-state index contributed by atoms with van der Waals surface area (Å²) in [5.74, 6) is -0.217. The summed E-state index contributed by atoms with van der Waals surface area (Å²) >= 11 is 0. The average Bonchev–Trinajstić information content (AvgIpc) is 3.13. The van der Waals surface area contributed by atoms with Crippen molar-refractivity contribution >= 4 is 28.4 Å². The van der Waals surface area contributed by atoms with Gasteiger partial charge >= 0.3 is 6.09 Å². The van der Waals surface area contributed by atoms with Crippen molar-refractivity contribution in [3.8, 4) is 0 Å². The number of hydrogen-bond acceptors (Lipinski definition) is 5. The molecule has 216 valence electrons. The van der Waals surface area contributed by atoms with E-state index in [1.807, 2.05) is 49.9 Å². The van der Waals surface area contributed by atoms with Crippen molar-refractivity contribution in [1.82, 2.24) is 15.1 Å². The Kier molecular flexibility index (Phi) is 9.46. The lowest BCUT2D eigenvalue weighted by Gasteiger charge is -2.35. The minimum Gasteiger partial charge on any atom is -0.444 e. The van der Waals surface area contributed by atoms with Crippen molar-refractivity contribution in [2.24, 2.45) is 0 Å². The SMILES string of the molecule is CC1=C(CC(=O)N2CCN(CCNC(=O)OC(C)(C)C)CC2)c2ccc(F)cc2C1Cc1ccc(S(C)=O)cc1. The summed E-state index contributed by atoms with van der Waals surface area (Å²) in [5.41, 5.74) is 4.52. The number of carbonyl (C=O) groups is 2. The van der Waals surface area contributed by atoms with Crippen LogP contribution in [0, 0.1) is 5.82 Å². The second-order valence-electron chi connectivity index (χ2n) is 11.6. The summed E-state index contributed by atoms with van der Waals surface area (Å²) in [5, 5.41) is 2.79. The second kappa shape index (κ2) is 12.6. The van der Waals surface area contributed by atoms with Crippen LogP contribution in [0.25, 0.3) is 5.57 Å². The number of piperazine rings is 1. The van der Waals surface area contributed by atoms with Gasteiger partial charge in [-0.15, -0.1) is 0 Å². The van der Waals surface area contributed by atoms with Crippen LogP contribution in [0.5, 0.6) is 0 Å². The van der Waals surface area contributed by atoms with E-state index in [0.717, 1.165) is 45.8 Å². The van der Waals surface area contributed by atoms with Crippen molar-refractivity contribution in [2.45, 2.75) is 57.0 Å². The van der Waals surface area contributed by atoms with Gasteiger partial charge in [-0.2, -0.15) is 0 Å². The minimum absolute atomic E-state index is 0.0132. The summed E-state index contributed by atoms with van der Waals surface area (Å²) in [6, 6.07) is 12.6. The third kappa shape index (κ3) is 7.57. The number of amides is 2. The van der Waals surface area contributed by atoms with Crippen LogP contribution in [0.4, 0.5) is 9.18 Å². The molecule has 2 aliphatic rings. The van der Waals surface area contributed by atoms with E-state index in [9.17, 15) is 18.2 Å². The minimum atomic E-state index is -1.04. The van der Waals surface area contributed by atoms with Gasteiger partial charge in [0.25, 0.3) is 0 Å². The Hall–Kier alpha value is -3.04. The Morgan fingerprint density at radius 3 is 2.38 bits per heavy atom. The molecule has 2 amide bonds. The number of rotatable bonds is 8. The number of ether oxygens (including phenoxy) is 1. The summed E-state index contributed by atoms with van der Waals surface area (Å²) in [6.45, 7) is 11.5. The van der Waals surface area contributed by atoms with Gasteiger partial charge < -0.3 is 15.0 Å². The first-order valence-electron chi connectivity index (χ1n) is 13.8. The van der Waals surface area contributed by atoms with Crippen LogP contribution in [0.2, 0.25) is 0 Å². The number of benzene rings is 2. The molecular formula is C31H40FN3O4S. The molecule has 4 rings (SSSR count). The van der Waals surface area contributed by atoms with Gasteiger partial charge in [-0.05, 0) is 80.6 Å². The zero-order chi connectivity index (χ0) is 29.0. The highest BCUT2D eigenvalue weighted by atomic mass is 32.2. The Balaban J connectivity index is 1.36. The maximum absolute atomic E-state index is 14.3. The predicted molar refractivity (Wildman–Crippen MR) is 156 cm³/mol. The molecule has 2 unspecified atom stereocenters. The van der Waals surface area contributed by atoms with Gasteiger partial charge in [-0.3, -0.25) is 13.9 Å². The van der Waals surface area contributed by atoms with Gasteiger partial charge in [0.05, 0.1) is 6.42 Å². The maximum Gasteiger partial charge on any atom is 0.407 e. The molecule has 1 aliphatic carbocycles. The fourth-order valence-corrected chi connectivity index (χ4v) is 5.94. The lowest BCUT2D eigenvalue weighted by atomic mass is 9.90. The smallest absolute Gasteiger partial charge is 0.407 e. The number of nitrogens with one attached hydrogen (secondary N) is 1. The molecule has 1 N–H and O–H groups in total. The van der Waals surface area contributed by atoms with Gasteiger partial charge in [-0.25, -0.2) is 9.18 Å². The Bertz CT molecular complexity index is 1290. The van der Waals surface area contributed by atoms with Crippen molar-refractivity contribution in [1.29, 1.82) is 0 Å². The molecule has 0 radical (unpaired) electrons. The highest BCUT2D eigenvalue weighted by molar-refractivity contribution is 7.84. The molecule has 1 saturated heterocycles. The molecule has 0 bridgehead atoms. The molecule has 2 atom stereocenters. The molecule has 9 heteroatoms. The molecule has 2 aromatic carbocycles. The highest BCUT2D eigenvalue weighted by Crippen LogP contribution is 2.45. The average molecular weight is 570 g/mol. The lowest BCUT2D eigenvalue weighted by molar-refractivity contribution is -0.131. The number of fused-ring (bicyclic) bond motifs is 1. The quantitative estimate of drug-likeness (QED) is 0.497. The van der Waals surface area contributed by atoms with Crippen LogP contribution in [-0.2, 0) is 26.8 Å². The monoisotopic (exact) mass is 569 g/mol. The van der Waals surface area contributed by atoms with E-state index in [4.69, 9.17) is 4.74 Å². The van der Waals surface area contributed by atoms with Crippen LogP contribution < -0.4 is 5.32 Å². The summed E-state index contributed by atoms with van der Waals surface area (Å²) < 4.78 is 31.3. The number of hydrogen-bond donors (Lipinski definition) is 1. The Morgan fingerprint density at radius 2 is 1.75 bits per heavy atom. The molecule has 0 saturated carbocycles. The molecule has 1 heterocycles. The number of nitrogens with zero attached hydrogens (tertiary/aromatic N) is 2. The zero-order valence-electron chi connectivity index (χ0n) is 24.1. The first-order chi connectivity index (χ1) is 18.9. The van der Waals surface area contributed by atoms with Crippen LogP contribution in [-0.4, -0.2) is 77.1 Å². The van der Waals surface area contributed by atoms with E-state index < -0.39 is 22.5 Å². The van der Waals surface area contributed by atoms with Gasteiger partial charge in [0.15, 0.2) is 0 Å². The van der Waals surface area contributed by atoms with E-state index in [2.05, 4.69) is 17.1 Å². The summed E-state index contributed by atoms with van der Waals surface area (Å²) in [7, 11) is -1.04. The Morgan fingerprint density at radius 1 is 1.07 bits per heavy atom. The third-order valence-corrected chi connectivity index (χ3v) is 8.49. The maximum atomic E-state index is 14.3. The van der Waals surface area contributed by atoms with E-state index in [0.29, 0.717) is 32.6 Å². The topological polar surface area (TPSA) is 79.0 Å². The fraction of sp³-hybridized carbons (Fsp3) is 0.484. The molecule has 40 heavy (non-hydrogen) atoms. The van der Waals surface area contributed by atoms with Crippen molar-refractivity contribution < 1.29 is 22.9 Å². The summed E-state index contributed by atoms with van der Waals surface area (Å²) in [6.07, 6.45) is 2.21. The number of halogens is 1. The molecule has 0 aromatic heterocycles. The van der Waals surface area contributed by atoms with Crippen LogP contribution >= 0.6 is 0 Å². The highest BCUT2D eigenvalue weighted by Gasteiger charge is 2.32. The van der Waals surface area contributed by atoms with Crippen molar-refractivity contribution in [3.05, 3.63) is 70.5 Å². The second-order valence-corrected chi connectivity index (χ2v) is 13.0. The van der Waals surface area contributed by atoms with E-state index in [-0.39, 0.29) is 24.1 Å². The van der Waals surface area contributed by atoms with Gasteiger partial charge in [0.2, 0.25) is 5.91 Å². The predicted octanol–water partition coefficient (Wildman–Crippen LogP) is 4.74. The van der Waals surface area contributed by atoms with Crippen LogP contribution in [0.3, 0.4) is 0 Å². The Labute approximate surface area is 239 Å². The first kappa shape index (κ1) is 29.9. The molecule has 2 aromatic rings. The van der Waals surface area contributed by atoms with Gasteiger partial charge in [0.1, 0.15) is 11.4 Å². The number of allylic oxidation sites excluding steroid dienone is 1. The number of alkyl carbamates (subject to hydrolysis) is 1. The van der Waals surface area contributed by atoms with E-state index in [1.165, 1.54) is 6.07 Å². The summed E-state index contributed by atoms with van der Waals surface area (Å²) in [4.78, 5) is 30.2. The zero-order valence-corrected chi connectivity index (χ0v) is 24.9. The van der Waals surface area contributed by atoms with Gasteiger partial charge in [-0.1, -0.05) is 23.8 Å². The molecular weight excluding hydrogens is 529 g/mol. The molecule has 0 spiro atoms. The fourth-order valence-electron chi connectivity index (χ4n) is 5.42. The van der Waals surface area contributed by atoms with Crippen LogP contribution in [0.15, 0.2) is 52.9 Å². The van der Waals surface area contributed by atoms with E-state index >= 15 is 0 Å². The first-order valence-corrected chi connectivity index (χ1v) is 15.4. The molecule has 1 fully saturated rings. The van der Waals surface area contributed by atoms with Crippen molar-refractivity contribution in [3.63, 3.8) is 0 Å². The standard InChI is InChI=1S/C31H40FN3O4S/c1-21-26(18-22-6-9-24(10-7-22)40(5)38)28-19-23(32)8-11-25(28)27(21)20-29(36)35-16-14-34(15-17-35)13-12-33-30(37)39-31(2,3)4/h6-11,19,26H,12-18,20H2,1-5H3,(H,33,37). The van der Waals surface area contributed by atoms with Crippen LogP contribution in [0.1, 0.15) is 56.7 Å². The normalized spacial score (nSPS) is 18.4. The lowest BCUT2D eigenvalue weighted by Crippen LogP contribution is -2.50. The number of carbonyl (C=O) groups excluding carboxylic acids is 2. The largest absolute Gasteiger partial charge is 0.444 e.